The average Bonchev–Trinajstić information content (AvgIpc) is 3.29. The minimum atomic E-state index is -2.80. The number of hydrogen-bond acceptors (Lipinski definition) is 5. The zero-order valence-electron chi connectivity index (χ0n) is 16.2. The number of rotatable bonds is 5. The van der Waals surface area contributed by atoms with Gasteiger partial charge in [-0.25, -0.2) is 0 Å². The number of likely N-dealkylation sites (tertiary alicyclic amines) is 1. The number of piperidine rings is 1. The van der Waals surface area contributed by atoms with Gasteiger partial charge in [0.2, 0.25) is 5.89 Å². The van der Waals surface area contributed by atoms with Crippen molar-refractivity contribution in [2.24, 2.45) is 0 Å². The summed E-state index contributed by atoms with van der Waals surface area (Å²) in [6.45, 7) is 2.40. The van der Waals surface area contributed by atoms with E-state index in [-0.39, 0.29) is 5.89 Å². The number of benzene rings is 1. The molecule has 0 aliphatic carbocycles. The fourth-order valence-electron chi connectivity index (χ4n) is 3.38. The number of pyridine rings is 1. The molecule has 0 atom stereocenters. The van der Waals surface area contributed by atoms with E-state index in [0.717, 1.165) is 42.4 Å². The van der Waals surface area contributed by atoms with E-state index in [1.54, 1.807) is 12.3 Å². The Kier molecular flexibility index (Phi) is 6.27. The molecule has 6 nitrogen and oxygen atoms in total. The normalized spacial score (nSPS) is 14.2. The van der Waals surface area contributed by atoms with Gasteiger partial charge in [0.15, 0.2) is 5.11 Å². The molecule has 9 heteroatoms. The highest BCUT2D eigenvalue weighted by Gasteiger charge is 2.21. The minimum Gasteiger partial charge on any atom is -0.415 e. The van der Waals surface area contributed by atoms with E-state index in [1.807, 2.05) is 36.4 Å². The number of alkyl halides is 2. The second-order valence-corrected chi connectivity index (χ2v) is 7.40. The molecule has 0 radical (unpaired) electrons. The first-order valence-corrected chi connectivity index (χ1v) is 10.2. The van der Waals surface area contributed by atoms with Crippen LogP contribution in [0.5, 0.6) is 0 Å². The Labute approximate surface area is 178 Å². The molecular formula is C21H21F2N5OS. The van der Waals surface area contributed by atoms with Crippen molar-refractivity contribution in [1.82, 2.24) is 20.1 Å². The first-order valence-electron chi connectivity index (χ1n) is 9.80. The highest BCUT2D eigenvalue weighted by atomic mass is 32.1. The summed E-state index contributed by atoms with van der Waals surface area (Å²) >= 11 is 5.83. The summed E-state index contributed by atoms with van der Waals surface area (Å²) in [5.41, 5.74) is 2.27. The molecule has 156 valence electrons. The average molecular weight is 429 g/mol. The molecular weight excluding hydrogens is 408 g/mol. The zero-order valence-corrected chi connectivity index (χ0v) is 17.1. The lowest BCUT2D eigenvalue weighted by molar-refractivity contribution is 0.116. The van der Waals surface area contributed by atoms with E-state index in [2.05, 4.69) is 25.0 Å². The highest BCUT2D eigenvalue weighted by Crippen LogP contribution is 2.24. The Morgan fingerprint density at radius 2 is 1.83 bits per heavy atom. The molecule has 3 aromatic rings. The van der Waals surface area contributed by atoms with E-state index in [1.165, 1.54) is 6.42 Å². The molecule has 0 unspecified atom stereocenters. The molecule has 4 rings (SSSR count). The lowest BCUT2D eigenvalue weighted by Gasteiger charge is -2.35. The largest absolute Gasteiger partial charge is 0.415 e. The third-order valence-corrected chi connectivity index (χ3v) is 5.42. The number of hydrogen-bond donors (Lipinski definition) is 0. The first-order chi connectivity index (χ1) is 14.6. The van der Waals surface area contributed by atoms with Gasteiger partial charge in [0.05, 0.1) is 17.8 Å². The van der Waals surface area contributed by atoms with Crippen LogP contribution in [0.2, 0.25) is 0 Å². The molecule has 0 saturated carbocycles. The Morgan fingerprint density at radius 3 is 2.47 bits per heavy atom. The number of para-hydroxylation sites is 1. The zero-order chi connectivity index (χ0) is 20.9. The molecule has 0 amide bonds. The highest BCUT2D eigenvalue weighted by molar-refractivity contribution is 7.80. The van der Waals surface area contributed by atoms with Gasteiger partial charge >= 0.3 is 6.43 Å². The van der Waals surface area contributed by atoms with Gasteiger partial charge in [-0.1, -0.05) is 18.2 Å². The quantitative estimate of drug-likeness (QED) is 0.538. The summed E-state index contributed by atoms with van der Waals surface area (Å²) in [5, 5.41) is 7.80. The Balaban J connectivity index is 1.54. The van der Waals surface area contributed by atoms with Gasteiger partial charge in [-0.05, 0) is 55.7 Å². The summed E-state index contributed by atoms with van der Waals surface area (Å²) in [6.07, 6.45) is 2.26. The molecule has 2 aromatic heterocycles. The van der Waals surface area contributed by atoms with Gasteiger partial charge in [-0.2, -0.15) is 8.78 Å². The lowest BCUT2D eigenvalue weighted by atomic mass is 10.1. The number of anilines is 1. The van der Waals surface area contributed by atoms with Crippen molar-refractivity contribution < 1.29 is 13.2 Å². The molecule has 1 aliphatic heterocycles. The third kappa shape index (κ3) is 4.62. The van der Waals surface area contributed by atoms with Crippen LogP contribution >= 0.6 is 12.2 Å². The molecule has 0 N–H and O–H groups in total. The maximum absolute atomic E-state index is 12.7. The molecule has 1 saturated heterocycles. The van der Waals surface area contributed by atoms with Crippen molar-refractivity contribution in [3.05, 3.63) is 60.2 Å². The predicted molar refractivity (Wildman–Crippen MR) is 113 cm³/mol. The van der Waals surface area contributed by atoms with Gasteiger partial charge in [0.1, 0.15) is 0 Å². The summed E-state index contributed by atoms with van der Waals surface area (Å²) in [5.74, 6) is -0.677. The van der Waals surface area contributed by atoms with Crippen molar-refractivity contribution in [3.63, 3.8) is 0 Å². The summed E-state index contributed by atoms with van der Waals surface area (Å²) in [4.78, 5) is 8.78. The van der Waals surface area contributed by atoms with Gasteiger partial charge in [0, 0.05) is 25.0 Å². The molecule has 3 heterocycles. The number of thiocarbonyl (C=S) groups is 1. The molecule has 1 aliphatic rings. The molecule has 0 spiro atoms. The molecule has 1 fully saturated rings. The Morgan fingerprint density at radius 1 is 1.07 bits per heavy atom. The first kappa shape index (κ1) is 20.3. The van der Waals surface area contributed by atoms with Crippen LogP contribution in [0.4, 0.5) is 14.5 Å². The van der Waals surface area contributed by atoms with Gasteiger partial charge in [-0.3, -0.25) is 4.98 Å². The second-order valence-electron chi connectivity index (χ2n) is 7.04. The van der Waals surface area contributed by atoms with Crippen molar-refractivity contribution >= 4 is 23.0 Å². The third-order valence-electron chi connectivity index (χ3n) is 4.94. The van der Waals surface area contributed by atoms with E-state index < -0.39 is 12.3 Å². The van der Waals surface area contributed by atoms with Gasteiger partial charge in [-0.15, -0.1) is 10.2 Å². The Bertz CT molecular complexity index is 975. The SMILES string of the molecule is FC(F)c1nnc(-c2ccc(CN(C(=S)N3CCCCC3)c3ccccc3)nc2)o1. The van der Waals surface area contributed by atoms with Crippen LogP contribution in [0, 0.1) is 0 Å². The number of nitrogens with zero attached hydrogens (tertiary/aromatic N) is 5. The summed E-state index contributed by atoms with van der Waals surface area (Å²) in [7, 11) is 0. The van der Waals surface area contributed by atoms with Gasteiger partial charge < -0.3 is 14.2 Å². The van der Waals surface area contributed by atoms with Crippen LogP contribution in [-0.2, 0) is 6.54 Å². The van der Waals surface area contributed by atoms with Crippen molar-refractivity contribution in [1.29, 1.82) is 0 Å². The van der Waals surface area contributed by atoms with Gasteiger partial charge in [0.25, 0.3) is 5.89 Å². The van der Waals surface area contributed by atoms with Crippen molar-refractivity contribution in [3.8, 4) is 11.5 Å². The van der Waals surface area contributed by atoms with Crippen LogP contribution in [0.15, 0.2) is 53.1 Å². The fraction of sp³-hybridized carbons (Fsp3) is 0.333. The minimum absolute atomic E-state index is 0.0214. The topological polar surface area (TPSA) is 58.3 Å². The van der Waals surface area contributed by atoms with E-state index in [0.29, 0.717) is 12.1 Å². The number of aromatic nitrogens is 3. The smallest absolute Gasteiger partial charge is 0.314 e. The monoisotopic (exact) mass is 429 g/mol. The van der Waals surface area contributed by atoms with E-state index in [4.69, 9.17) is 16.6 Å². The van der Waals surface area contributed by atoms with Crippen molar-refractivity contribution in [2.45, 2.75) is 32.2 Å². The summed E-state index contributed by atoms with van der Waals surface area (Å²) in [6, 6.07) is 13.5. The number of halogens is 2. The maximum Gasteiger partial charge on any atom is 0.314 e. The standard InChI is InChI=1S/C21H21F2N5OS/c22-18(23)20-26-25-19(29-20)15-9-10-16(24-13-15)14-28(17-7-3-1-4-8-17)21(30)27-11-5-2-6-12-27/h1,3-4,7-10,13,18H,2,5-6,11-12,14H2. The maximum atomic E-state index is 12.7. The molecule has 1 aromatic carbocycles. The van der Waals surface area contributed by atoms with Crippen LogP contribution in [0.25, 0.3) is 11.5 Å². The molecule has 0 bridgehead atoms. The van der Waals surface area contributed by atoms with E-state index >= 15 is 0 Å². The predicted octanol–water partition coefficient (Wildman–Crippen LogP) is 4.85. The molecule has 30 heavy (non-hydrogen) atoms. The second kappa shape index (κ2) is 9.25. The lowest BCUT2D eigenvalue weighted by Crippen LogP contribution is -2.45. The van der Waals surface area contributed by atoms with Crippen LogP contribution in [0.3, 0.4) is 0 Å². The van der Waals surface area contributed by atoms with Crippen LogP contribution in [-0.4, -0.2) is 38.3 Å². The fourth-order valence-corrected chi connectivity index (χ4v) is 3.73. The van der Waals surface area contributed by atoms with Crippen LogP contribution in [0.1, 0.15) is 37.3 Å². The Hall–Kier alpha value is -2.94. The summed E-state index contributed by atoms with van der Waals surface area (Å²) < 4.78 is 30.3. The van der Waals surface area contributed by atoms with E-state index in [9.17, 15) is 8.78 Å². The van der Waals surface area contributed by atoms with Crippen LogP contribution < -0.4 is 4.90 Å². The van der Waals surface area contributed by atoms with Crippen molar-refractivity contribution in [2.75, 3.05) is 18.0 Å².